The number of aryl methyl sites for hydroxylation is 1. The van der Waals surface area contributed by atoms with Gasteiger partial charge in [-0.25, -0.2) is 9.78 Å². The maximum absolute atomic E-state index is 11.8. The van der Waals surface area contributed by atoms with Gasteiger partial charge in [0.15, 0.2) is 0 Å². The van der Waals surface area contributed by atoms with Crippen molar-refractivity contribution in [3.8, 4) is 6.07 Å². The number of esters is 1. The molecule has 1 N–H and O–H groups in total. The zero-order chi connectivity index (χ0) is 23.9. The fourth-order valence-electron chi connectivity index (χ4n) is 5.93. The molecular formula is C27H32N4O3. The van der Waals surface area contributed by atoms with Gasteiger partial charge in [-0.05, 0) is 86.9 Å². The first-order valence-electron chi connectivity index (χ1n) is 12.2. The summed E-state index contributed by atoms with van der Waals surface area (Å²) in [5.74, 6) is 0.739. The summed E-state index contributed by atoms with van der Waals surface area (Å²) >= 11 is 0. The molecule has 178 valence electrons. The molecular weight excluding hydrogens is 428 g/mol. The van der Waals surface area contributed by atoms with E-state index in [0.29, 0.717) is 29.7 Å². The number of ether oxygens (including phenoxy) is 1. The van der Waals surface area contributed by atoms with Crippen molar-refractivity contribution in [1.29, 1.82) is 5.26 Å². The van der Waals surface area contributed by atoms with Crippen LogP contribution in [0.1, 0.15) is 70.0 Å². The normalized spacial score (nSPS) is 20.6. The first-order chi connectivity index (χ1) is 16.4. The Kier molecular flexibility index (Phi) is 6.05. The largest absolute Gasteiger partial charge is 0.457 e. The number of aliphatic hydroxyl groups is 1. The van der Waals surface area contributed by atoms with E-state index in [9.17, 15) is 9.90 Å². The number of cyclic esters (lactones) is 1. The maximum Gasteiger partial charge on any atom is 0.338 e. The Morgan fingerprint density at radius 1 is 1.18 bits per heavy atom. The fraction of sp³-hybridized carbons (Fsp3) is 0.519. The summed E-state index contributed by atoms with van der Waals surface area (Å²) in [6.07, 6.45) is 5.72. The number of likely N-dealkylation sites (tertiary alicyclic amines) is 1. The lowest BCUT2D eigenvalue weighted by atomic mass is 9.71. The van der Waals surface area contributed by atoms with Crippen molar-refractivity contribution < 1.29 is 14.6 Å². The van der Waals surface area contributed by atoms with Crippen LogP contribution in [-0.2, 0) is 11.3 Å². The average molecular weight is 461 g/mol. The molecule has 0 amide bonds. The number of piperidine rings is 2. The molecule has 3 aliphatic rings. The van der Waals surface area contributed by atoms with Crippen molar-refractivity contribution in [3.63, 3.8) is 0 Å². The van der Waals surface area contributed by atoms with Gasteiger partial charge in [0.25, 0.3) is 0 Å². The Morgan fingerprint density at radius 2 is 1.88 bits per heavy atom. The van der Waals surface area contributed by atoms with E-state index in [4.69, 9.17) is 10.00 Å². The van der Waals surface area contributed by atoms with Crippen LogP contribution >= 0.6 is 0 Å². The Labute approximate surface area is 201 Å². The molecule has 4 heterocycles. The number of aromatic nitrogens is 1. The number of carbonyl (C=O) groups excluding carboxylic acids is 1. The Balaban J connectivity index is 1.16. The fourth-order valence-corrected chi connectivity index (χ4v) is 5.93. The van der Waals surface area contributed by atoms with E-state index in [2.05, 4.69) is 20.9 Å². The van der Waals surface area contributed by atoms with Crippen LogP contribution in [0.5, 0.6) is 0 Å². The summed E-state index contributed by atoms with van der Waals surface area (Å²) in [7, 11) is 0. The third-order valence-electron chi connectivity index (χ3n) is 8.22. The maximum atomic E-state index is 11.8. The van der Waals surface area contributed by atoms with Crippen LogP contribution in [0.15, 0.2) is 24.4 Å². The lowest BCUT2D eigenvalue weighted by Crippen LogP contribution is -2.47. The summed E-state index contributed by atoms with van der Waals surface area (Å²) in [4.78, 5) is 21.1. The SMILES string of the molecule is Cc1cc(C#N)cnc1N1CCC2(CCN(C[C@H](O)c3ccc4c(c3C)COC4=O)CC2)CC1. The molecule has 2 aromatic rings. The zero-order valence-electron chi connectivity index (χ0n) is 20.0. The number of rotatable bonds is 4. The highest BCUT2D eigenvalue weighted by Crippen LogP contribution is 2.42. The van der Waals surface area contributed by atoms with Gasteiger partial charge in [-0.15, -0.1) is 0 Å². The molecule has 34 heavy (non-hydrogen) atoms. The quantitative estimate of drug-likeness (QED) is 0.697. The smallest absolute Gasteiger partial charge is 0.338 e. The highest BCUT2D eigenvalue weighted by Gasteiger charge is 2.38. The molecule has 1 aromatic carbocycles. The van der Waals surface area contributed by atoms with Crippen molar-refractivity contribution in [3.05, 3.63) is 57.8 Å². The van der Waals surface area contributed by atoms with Crippen molar-refractivity contribution in [2.45, 2.75) is 52.2 Å². The van der Waals surface area contributed by atoms with E-state index >= 15 is 0 Å². The van der Waals surface area contributed by atoms with Crippen LogP contribution in [0.4, 0.5) is 5.82 Å². The number of β-amino-alcohol motifs (C(OH)–C–C–N with tert-alkyl or cyclic N) is 1. The molecule has 2 fully saturated rings. The van der Waals surface area contributed by atoms with Gasteiger partial charge in [0.05, 0.1) is 17.2 Å². The number of anilines is 1. The lowest BCUT2D eigenvalue weighted by Gasteiger charge is -2.47. The first-order valence-corrected chi connectivity index (χ1v) is 12.2. The number of hydrogen-bond acceptors (Lipinski definition) is 7. The third kappa shape index (κ3) is 4.17. The van der Waals surface area contributed by atoms with Crippen LogP contribution in [0.25, 0.3) is 0 Å². The molecule has 1 atom stereocenters. The van der Waals surface area contributed by atoms with Crippen LogP contribution in [0.3, 0.4) is 0 Å². The van der Waals surface area contributed by atoms with Gasteiger partial charge >= 0.3 is 5.97 Å². The second-order valence-electron chi connectivity index (χ2n) is 10.2. The highest BCUT2D eigenvalue weighted by atomic mass is 16.5. The van der Waals surface area contributed by atoms with Crippen molar-refractivity contribution in [1.82, 2.24) is 9.88 Å². The van der Waals surface area contributed by atoms with Gasteiger partial charge in [0, 0.05) is 31.4 Å². The number of nitriles is 1. The number of benzene rings is 1. The zero-order valence-corrected chi connectivity index (χ0v) is 20.0. The lowest BCUT2D eigenvalue weighted by molar-refractivity contribution is 0.0447. The van der Waals surface area contributed by atoms with Gasteiger partial charge in [0.1, 0.15) is 18.5 Å². The molecule has 0 unspecified atom stereocenters. The number of aliphatic hydroxyl groups excluding tert-OH is 1. The number of fused-ring (bicyclic) bond motifs is 1. The van der Waals surface area contributed by atoms with E-state index < -0.39 is 6.10 Å². The molecule has 5 rings (SSSR count). The van der Waals surface area contributed by atoms with Crippen LogP contribution in [0, 0.1) is 30.6 Å². The van der Waals surface area contributed by atoms with Crippen LogP contribution in [0.2, 0.25) is 0 Å². The molecule has 0 bridgehead atoms. The summed E-state index contributed by atoms with van der Waals surface area (Å²) in [5.41, 5.74) is 5.47. The Morgan fingerprint density at radius 3 is 2.56 bits per heavy atom. The number of hydrogen-bond donors (Lipinski definition) is 1. The number of nitrogens with zero attached hydrogens (tertiary/aromatic N) is 4. The summed E-state index contributed by atoms with van der Waals surface area (Å²) in [6, 6.07) is 7.76. The third-order valence-corrected chi connectivity index (χ3v) is 8.22. The second-order valence-corrected chi connectivity index (χ2v) is 10.2. The van der Waals surface area contributed by atoms with Crippen molar-refractivity contribution in [2.24, 2.45) is 5.41 Å². The van der Waals surface area contributed by atoms with E-state index in [1.54, 1.807) is 12.3 Å². The molecule has 3 aliphatic heterocycles. The van der Waals surface area contributed by atoms with E-state index in [1.807, 2.05) is 26.0 Å². The minimum Gasteiger partial charge on any atom is -0.457 e. The van der Waals surface area contributed by atoms with Crippen molar-refractivity contribution in [2.75, 3.05) is 37.6 Å². The van der Waals surface area contributed by atoms with Gasteiger partial charge in [-0.2, -0.15) is 5.26 Å². The Bertz CT molecular complexity index is 1140. The standard InChI is InChI=1S/C27H32N4O3/c1-18-13-20(14-28)15-29-25(18)31-11-7-27(8-12-31)5-9-30(10-6-27)16-24(32)21-3-4-22-23(19(21)2)17-34-26(22)33/h3-4,13,15,24,32H,5-12,16-17H2,1-2H3/t24-/m0/s1. The number of pyridine rings is 1. The van der Waals surface area contributed by atoms with Crippen molar-refractivity contribution >= 4 is 11.8 Å². The second kappa shape index (κ2) is 9.01. The molecule has 2 saturated heterocycles. The summed E-state index contributed by atoms with van der Waals surface area (Å²) in [6.45, 7) is 8.92. The molecule has 7 nitrogen and oxygen atoms in total. The van der Waals surface area contributed by atoms with Gasteiger partial charge < -0.3 is 19.6 Å². The number of carbonyl (C=O) groups is 1. The molecule has 0 aliphatic carbocycles. The van der Waals surface area contributed by atoms with E-state index in [0.717, 1.165) is 79.9 Å². The van der Waals surface area contributed by atoms with Gasteiger partial charge in [-0.3, -0.25) is 0 Å². The molecule has 1 aromatic heterocycles. The van der Waals surface area contributed by atoms with Crippen LogP contribution in [-0.4, -0.2) is 53.7 Å². The summed E-state index contributed by atoms with van der Waals surface area (Å²) in [5, 5.41) is 20.1. The van der Waals surface area contributed by atoms with E-state index in [1.165, 1.54) is 0 Å². The molecule has 0 radical (unpaired) electrons. The minimum absolute atomic E-state index is 0.267. The predicted octanol–water partition coefficient (Wildman–Crippen LogP) is 3.66. The van der Waals surface area contributed by atoms with Crippen LogP contribution < -0.4 is 4.90 Å². The monoisotopic (exact) mass is 460 g/mol. The predicted molar refractivity (Wildman–Crippen MR) is 129 cm³/mol. The topological polar surface area (TPSA) is 89.7 Å². The molecule has 7 heteroatoms. The summed E-state index contributed by atoms with van der Waals surface area (Å²) < 4.78 is 5.15. The van der Waals surface area contributed by atoms with Gasteiger partial charge in [-0.1, -0.05) is 6.07 Å². The first kappa shape index (κ1) is 22.8. The Hall–Kier alpha value is -2.95. The minimum atomic E-state index is -0.567. The molecule has 0 saturated carbocycles. The molecule has 1 spiro atoms. The van der Waals surface area contributed by atoms with Gasteiger partial charge in [0.2, 0.25) is 0 Å². The average Bonchev–Trinajstić information content (AvgIpc) is 3.23. The highest BCUT2D eigenvalue weighted by molar-refractivity contribution is 5.93. The van der Waals surface area contributed by atoms with E-state index in [-0.39, 0.29) is 5.97 Å².